The molecule has 7 aromatic rings. The Balaban J connectivity index is 1.48. The van der Waals surface area contributed by atoms with Gasteiger partial charge < -0.3 is 0 Å². The number of hydrogen-bond acceptors (Lipinski definition) is 0. The fourth-order valence-electron chi connectivity index (χ4n) is 7.35. The van der Waals surface area contributed by atoms with E-state index < -0.39 is 30.2 Å². The van der Waals surface area contributed by atoms with Crippen LogP contribution in [0, 0.1) is 0 Å². The number of fused-ring (bicyclic) bond motifs is 1. The van der Waals surface area contributed by atoms with E-state index in [4.69, 9.17) is 0 Å². The van der Waals surface area contributed by atoms with Crippen molar-refractivity contribution in [3.8, 4) is 0 Å². The van der Waals surface area contributed by atoms with Crippen molar-refractivity contribution in [3.63, 3.8) is 0 Å². The van der Waals surface area contributed by atoms with Crippen molar-refractivity contribution in [2.24, 2.45) is 0 Å². The van der Waals surface area contributed by atoms with E-state index in [1.165, 1.54) is 37.3 Å². The van der Waals surface area contributed by atoms with Crippen LogP contribution in [0.3, 0.4) is 0 Å². The van der Waals surface area contributed by atoms with Gasteiger partial charge in [-0.2, -0.15) is 0 Å². The van der Waals surface area contributed by atoms with E-state index >= 15 is 0 Å². The van der Waals surface area contributed by atoms with Crippen LogP contribution in [0.2, 0.25) is 5.25 Å². The first-order chi connectivity index (χ1) is 23.3. The van der Waals surface area contributed by atoms with E-state index in [9.17, 15) is 0 Å². The van der Waals surface area contributed by atoms with Crippen molar-refractivity contribution >= 4 is 65.5 Å². The van der Waals surface area contributed by atoms with Gasteiger partial charge in [0.2, 0.25) is 0 Å². The van der Waals surface area contributed by atoms with Gasteiger partial charge in [0.25, 0.3) is 0 Å². The van der Waals surface area contributed by atoms with E-state index in [0.29, 0.717) is 0 Å². The summed E-state index contributed by atoms with van der Waals surface area (Å²) in [7, 11) is -1.65. The van der Waals surface area contributed by atoms with Gasteiger partial charge in [0, 0.05) is 0 Å². The van der Waals surface area contributed by atoms with Crippen LogP contribution in [0.1, 0.15) is 11.1 Å². The molecule has 0 saturated carbocycles. The first-order valence-electron chi connectivity index (χ1n) is 16.3. The molecule has 0 saturated heterocycles. The molecular weight excluding hydrogens is 663 g/mol. The van der Waals surface area contributed by atoms with Gasteiger partial charge in [-0.05, 0) is 0 Å². The maximum atomic E-state index is 2.50. The molecule has 0 fully saturated rings. The second-order valence-electron chi connectivity index (χ2n) is 12.0. The van der Waals surface area contributed by atoms with E-state index in [0.717, 1.165) is 0 Å². The van der Waals surface area contributed by atoms with Crippen molar-refractivity contribution in [3.05, 3.63) is 211 Å². The molecule has 7 aromatic carbocycles. The Bertz CT molecular complexity index is 1990. The third kappa shape index (κ3) is 5.64. The topological polar surface area (TPSA) is 0 Å². The summed E-state index contributed by atoms with van der Waals surface area (Å²) in [5.74, 6) is 0. The molecule has 1 unspecified atom stereocenters. The fourth-order valence-corrected chi connectivity index (χ4v) is 21.7. The zero-order chi connectivity index (χ0) is 31.5. The molecule has 0 N–H and O–H groups in total. The summed E-state index contributed by atoms with van der Waals surface area (Å²) in [6, 6.07) is 75.9. The molecule has 1 heterocycles. The van der Waals surface area contributed by atoms with Gasteiger partial charge in [0.15, 0.2) is 0 Å². The van der Waals surface area contributed by atoms with Gasteiger partial charge in [-0.25, -0.2) is 0 Å². The van der Waals surface area contributed by atoms with Crippen molar-refractivity contribution in [2.45, 2.75) is 10.4 Å². The van der Waals surface area contributed by atoms with Crippen LogP contribution >= 0.6 is 15.8 Å². The second kappa shape index (κ2) is 13.6. The monoisotopic (exact) mass is 699 g/mol. The molecule has 3 heteroatoms. The van der Waals surface area contributed by atoms with Crippen LogP contribution in [-0.4, -0.2) is 14.3 Å². The molecule has 1 atom stereocenters. The molecule has 47 heavy (non-hydrogen) atoms. The zero-order valence-corrected chi connectivity index (χ0v) is 30.0. The van der Waals surface area contributed by atoms with Crippen LogP contribution in [0.4, 0.5) is 0 Å². The van der Waals surface area contributed by atoms with E-state index in [1.807, 2.05) is 0 Å². The van der Waals surface area contributed by atoms with Gasteiger partial charge in [-0.3, -0.25) is 0 Å². The van der Waals surface area contributed by atoms with Crippen LogP contribution < -0.4 is 35.3 Å². The van der Waals surface area contributed by atoms with Gasteiger partial charge in [0.1, 0.15) is 0 Å². The van der Waals surface area contributed by atoms with E-state index in [-0.39, 0.29) is 5.16 Å². The Morgan fingerprint density at radius 2 is 0.787 bits per heavy atom. The zero-order valence-electron chi connectivity index (χ0n) is 26.2. The van der Waals surface area contributed by atoms with Crippen molar-refractivity contribution in [2.75, 3.05) is 0 Å². The molecule has 8 rings (SSSR count). The van der Waals surface area contributed by atoms with E-state index in [2.05, 4.69) is 200 Å². The molecule has 1 aliphatic heterocycles. The third-order valence-corrected chi connectivity index (χ3v) is 21.7. The molecule has 225 valence electrons. The molecule has 0 nitrogen and oxygen atoms in total. The van der Waals surface area contributed by atoms with Crippen LogP contribution in [-0.2, 0) is 5.16 Å². The summed E-state index contributed by atoms with van der Waals surface area (Å²) in [5, 5.41) is 8.12. The number of benzene rings is 7. The van der Waals surface area contributed by atoms with Gasteiger partial charge in [0.05, 0.1) is 0 Å². The average molecular weight is 698 g/mol. The van der Waals surface area contributed by atoms with Crippen molar-refractivity contribution in [1.29, 1.82) is 0 Å². The molecule has 1 radical (unpaired) electrons. The summed E-state index contributed by atoms with van der Waals surface area (Å²) in [5.41, 5.74) is 3.05. The summed E-state index contributed by atoms with van der Waals surface area (Å²) >= 11 is -1.99. The summed E-state index contributed by atoms with van der Waals surface area (Å²) in [4.78, 5) is 0. The minimum absolute atomic E-state index is 0.194. The summed E-state index contributed by atoms with van der Waals surface area (Å²) in [6.45, 7) is 0. The van der Waals surface area contributed by atoms with Gasteiger partial charge in [-0.15, -0.1) is 0 Å². The number of hydrogen-bond donors (Lipinski definition) is 0. The Hall–Kier alpha value is -4.06. The van der Waals surface area contributed by atoms with E-state index in [1.54, 1.807) is 14.4 Å². The third-order valence-electron chi connectivity index (χ3n) is 9.28. The van der Waals surface area contributed by atoms with Crippen molar-refractivity contribution in [1.82, 2.24) is 0 Å². The normalized spacial score (nSPS) is 16.0. The molecule has 0 amide bonds. The predicted octanol–water partition coefficient (Wildman–Crippen LogP) is 7.44. The summed E-state index contributed by atoms with van der Waals surface area (Å²) < 4.78 is 3.18. The van der Waals surface area contributed by atoms with Crippen LogP contribution in [0.15, 0.2) is 200 Å². The maximum absolute atomic E-state index is 2.50. The fraction of sp³-hybridized carbons (Fsp3) is 0.0455. The summed E-state index contributed by atoms with van der Waals surface area (Å²) in [6.07, 6.45) is 0. The molecule has 0 aromatic heterocycles. The molecule has 0 bridgehead atoms. The number of rotatable bonds is 8. The molecular formula is C44H35GeP2. The van der Waals surface area contributed by atoms with Gasteiger partial charge >= 0.3 is 287 Å². The first-order valence-corrected chi connectivity index (χ1v) is 22.5. The quantitative estimate of drug-likeness (QED) is 0.114. The first kappa shape index (κ1) is 30.3. The molecule has 0 aliphatic carbocycles. The standard InChI is InChI=1S/C44H35GeP2/c1-6-20-35(21-7-1)45-34-44(40-30-16-18-32-42(40)45,47(38-26-12-4-13-27-38)39-28-14-5-15-29-39)41-31-17-19-33-43(41)46(36-22-8-2-9-23-36)37-24-10-3-11-25-37/h1-33H,34H2. The SMILES string of the molecule is c1ccc(P(c2ccccc2)c2ccccc2C2(P(c3ccccc3)c3ccccc3)[CH2][Ge]([c]3ccccc3)[c]3ccccc32)cc1. The molecule has 0 spiro atoms. The molecule has 1 aliphatic rings. The van der Waals surface area contributed by atoms with Crippen molar-refractivity contribution < 1.29 is 0 Å². The predicted molar refractivity (Wildman–Crippen MR) is 208 cm³/mol. The Kier molecular flexibility index (Phi) is 8.75. The Morgan fingerprint density at radius 3 is 1.32 bits per heavy atom. The Morgan fingerprint density at radius 1 is 0.383 bits per heavy atom. The average Bonchev–Trinajstić information content (AvgIpc) is 3.50. The second-order valence-corrected chi connectivity index (χ2v) is 21.7. The van der Waals surface area contributed by atoms with Gasteiger partial charge in [-0.1, -0.05) is 0 Å². The Labute approximate surface area is 285 Å². The van der Waals surface area contributed by atoms with Crippen LogP contribution in [0.25, 0.3) is 0 Å². The van der Waals surface area contributed by atoms with Crippen LogP contribution in [0.5, 0.6) is 0 Å². The minimum atomic E-state index is -1.99.